The molecule has 1 unspecified atom stereocenters. The molecular weight excluding hydrogens is 208 g/mol. The predicted octanol–water partition coefficient (Wildman–Crippen LogP) is 2.38. The van der Waals surface area contributed by atoms with Gasteiger partial charge in [-0.15, -0.1) is 11.8 Å². The molecule has 0 saturated heterocycles. The minimum Gasteiger partial charge on any atom is -0.323 e. The molecule has 1 aliphatic heterocycles. The summed E-state index contributed by atoms with van der Waals surface area (Å²) in [5.74, 6) is -0.00213. The Bertz CT molecular complexity index is 450. The van der Waals surface area contributed by atoms with Crippen molar-refractivity contribution in [2.45, 2.75) is 23.5 Å². The minimum absolute atomic E-state index is 0.00213. The summed E-state index contributed by atoms with van der Waals surface area (Å²) in [6.45, 7) is 1.98. The number of para-hydroxylation sites is 1. The fourth-order valence-electron chi connectivity index (χ4n) is 1.53. The van der Waals surface area contributed by atoms with Gasteiger partial charge >= 0.3 is 0 Å². The van der Waals surface area contributed by atoms with Gasteiger partial charge in [-0.3, -0.25) is 4.79 Å². The van der Waals surface area contributed by atoms with Crippen molar-refractivity contribution in [2.24, 2.45) is 0 Å². The molecule has 1 aliphatic rings. The van der Waals surface area contributed by atoms with Crippen LogP contribution in [0.5, 0.6) is 0 Å². The third kappa shape index (κ3) is 1.71. The Morgan fingerprint density at radius 3 is 3.07 bits per heavy atom. The van der Waals surface area contributed by atoms with Crippen LogP contribution in [0, 0.1) is 11.3 Å². The number of thioether (sulfide) groups is 1. The lowest BCUT2D eigenvalue weighted by Crippen LogP contribution is -2.28. The molecule has 1 atom stereocenters. The van der Waals surface area contributed by atoms with Crippen molar-refractivity contribution in [1.82, 2.24) is 0 Å². The molecular formula is C11H10N2OS. The normalized spacial score (nSPS) is 18.9. The molecule has 2 rings (SSSR count). The van der Waals surface area contributed by atoms with Crippen LogP contribution in [0.25, 0.3) is 0 Å². The molecule has 4 heteroatoms. The van der Waals surface area contributed by atoms with E-state index in [4.69, 9.17) is 5.26 Å². The quantitative estimate of drug-likeness (QED) is 0.787. The first-order chi connectivity index (χ1) is 7.26. The monoisotopic (exact) mass is 218 g/mol. The molecule has 0 aliphatic carbocycles. The van der Waals surface area contributed by atoms with E-state index in [0.29, 0.717) is 11.3 Å². The van der Waals surface area contributed by atoms with Gasteiger partial charge in [-0.05, 0) is 18.6 Å². The average molecular weight is 218 g/mol. The summed E-state index contributed by atoms with van der Waals surface area (Å²) in [6.07, 6.45) is 0.798. The number of fused-ring (bicyclic) bond motifs is 1. The zero-order valence-corrected chi connectivity index (χ0v) is 9.10. The molecule has 0 saturated carbocycles. The van der Waals surface area contributed by atoms with Crippen LogP contribution in [0.1, 0.15) is 18.9 Å². The Kier molecular flexibility index (Phi) is 2.65. The Labute approximate surface area is 92.5 Å². The number of carbonyl (C=O) groups is 1. The zero-order valence-electron chi connectivity index (χ0n) is 8.28. The van der Waals surface area contributed by atoms with E-state index in [-0.39, 0.29) is 11.2 Å². The first-order valence-corrected chi connectivity index (χ1v) is 5.65. The van der Waals surface area contributed by atoms with Gasteiger partial charge in [0.25, 0.3) is 0 Å². The second-order valence-electron chi connectivity index (χ2n) is 3.29. The molecule has 3 nitrogen and oxygen atoms in total. The number of nitriles is 1. The minimum atomic E-state index is -0.0357. The number of nitrogens with zero attached hydrogens (tertiary/aromatic N) is 1. The lowest BCUT2D eigenvalue weighted by molar-refractivity contribution is -0.115. The molecule has 1 aromatic carbocycles. The largest absolute Gasteiger partial charge is 0.323 e. The summed E-state index contributed by atoms with van der Waals surface area (Å²) < 4.78 is 0. The topological polar surface area (TPSA) is 52.9 Å². The maximum Gasteiger partial charge on any atom is 0.237 e. The lowest BCUT2D eigenvalue weighted by atomic mass is 10.2. The third-order valence-corrected chi connectivity index (χ3v) is 3.75. The van der Waals surface area contributed by atoms with Crippen LogP contribution in [-0.4, -0.2) is 11.2 Å². The Morgan fingerprint density at radius 1 is 1.60 bits per heavy atom. The maximum atomic E-state index is 11.6. The van der Waals surface area contributed by atoms with Gasteiger partial charge in [-0.25, -0.2) is 0 Å². The van der Waals surface area contributed by atoms with Crippen molar-refractivity contribution in [1.29, 1.82) is 5.26 Å². The summed E-state index contributed by atoms with van der Waals surface area (Å²) >= 11 is 1.53. The van der Waals surface area contributed by atoms with Crippen LogP contribution >= 0.6 is 11.8 Å². The third-order valence-electron chi connectivity index (χ3n) is 2.33. The summed E-state index contributed by atoms with van der Waals surface area (Å²) in [5, 5.41) is 11.7. The molecule has 1 aromatic rings. The van der Waals surface area contributed by atoms with E-state index in [1.165, 1.54) is 11.8 Å². The second-order valence-corrected chi connectivity index (χ2v) is 4.54. The smallest absolute Gasteiger partial charge is 0.237 e. The Hall–Kier alpha value is -1.47. The van der Waals surface area contributed by atoms with Gasteiger partial charge in [0, 0.05) is 4.90 Å². The highest BCUT2D eigenvalue weighted by molar-refractivity contribution is 8.01. The van der Waals surface area contributed by atoms with Crippen LogP contribution in [0.2, 0.25) is 0 Å². The average Bonchev–Trinajstić information content (AvgIpc) is 2.27. The van der Waals surface area contributed by atoms with Crippen LogP contribution < -0.4 is 5.32 Å². The van der Waals surface area contributed by atoms with Gasteiger partial charge in [0.05, 0.1) is 16.5 Å². The predicted molar refractivity (Wildman–Crippen MR) is 59.7 cm³/mol. The molecule has 1 heterocycles. The molecule has 0 aromatic heterocycles. The number of hydrogen-bond donors (Lipinski definition) is 1. The summed E-state index contributed by atoms with van der Waals surface area (Å²) in [7, 11) is 0. The number of hydrogen-bond acceptors (Lipinski definition) is 3. The van der Waals surface area contributed by atoms with Gasteiger partial charge in [-0.1, -0.05) is 13.0 Å². The van der Waals surface area contributed by atoms with Crippen LogP contribution in [0.4, 0.5) is 5.69 Å². The van der Waals surface area contributed by atoms with Crippen LogP contribution in [0.15, 0.2) is 23.1 Å². The molecule has 1 amide bonds. The SMILES string of the molecule is CCC1Sc2cccc(C#N)c2NC1=O. The number of nitrogens with one attached hydrogen (secondary N) is 1. The molecule has 0 bridgehead atoms. The fourth-order valence-corrected chi connectivity index (χ4v) is 2.61. The lowest BCUT2D eigenvalue weighted by Gasteiger charge is -2.23. The summed E-state index contributed by atoms with van der Waals surface area (Å²) in [4.78, 5) is 12.6. The van der Waals surface area contributed by atoms with E-state index in [9.17, 15) is 4.79 Å². The van der Waals surface area contributed by atoms with Gasteiger partial charge in [0.1, 0.15) is 6.07 Å². The van der Waals surface area contributed by atoms with E-state index in [2.05, 4.69) is 11.4 Å². The van der Waals surface area contributed by atoms with E-state index >= 15 is 0 Å². The van der Waals surface area contributed by atoms with Crippen molar-refractivity contribution < 1.29 is 4.79 Å². The number of carbonyl (C=O) groups excluding carboxylic acids is 1. The fraction of sp³-hybridized carbons (Fsp3) is 0.273. The first kappa shape index (κ1) is 10.1. The van der Waals surface area contributed by atoms with Crippen molar-refractivity contribution in [3.63, 3.8) is 0 Å². The molecule has 0 spiro atoms. The molecule has 76 valence electrons. The van der Waals surface area contributed by atoms with E-state index in [1.54, 1.807) is 6.07 Å². The molecule has 1 N–H and O–H groups in total. The Morgan fingerprint density at radius 2 is 2.40 bits per heavy atom. The standard InChI is InChI=1S/C11H10N2OS/c1-2-8-11(14)13-10-7(6-12)4-3-5-9(10)15-8/h3-5,8H,2H2,1H3,(H,13,14). The van der Waals surface area contributed by atoms with Crippen molar-refractivity contribution in [3.8, 4) is 6.07 Å². The highest BCUT2D eigenvalue weighted by atomic mass is 32.2. The Balaban J connectivity index is 2.45. The van der Waals surface area contributed by atoms with Gasteiger partial charge in [0.15, 0.2) is 0 Å². The number of benzene rings is 1. The first-order valence-electron chi connectivity index (χ1n) is 4.77. The summed E-state index contributed by atoms with van der Waals surface area (Å²) in [6, 6.07) is 7.57. The van der Waals surface area contributed by atoms with Crippen molar-refractivity contribution >= 4 is 23.4 Å². The molecule has 15 heavy (non-hydrogen) atoms. The highest BCUT2D eigenvalue weighted by Gasteiger charge is 2.26. The highest BCUT2D eigenvalue weighted by Crippen LogP contribution is 2.38. The van der Waals surface area contributed by atoms with E-state index < -0.39 is 0 Å². The number of rotatable bonds is 1. The molecule has 0 fully saturated rings. The maximum absolute atomic E-state index is 11.6. The zero-order chi connectivity index (χ0) is 10.8. The van der Waals surface area contributed by atoms with E-state index in [1.807, 2.05) is 19.1 Å². The number of anilines is 1. The molecule has 0 radical (unpaired) electrons. The van der Waals surface area contributed by atoms with Crippen molar-refractivity contribution in [2.75, 3.05) is 5.32 Å². The van der Waals surface area contributed by atoms with Crippen LogP contribution in [-0.2, 0) is 4.79 Å². The van der Waals surface area contributed by atoms with Crippen LogP contribution in [0.3, 0.4) is 0 Å². The van der Waals surface area contributed by atoms with Gasteiger partial charge < -0.3 is 5.32 Å². The van der Waals surface area contributed by atoms with Gasteiger partial charge in [-0.2, -0.15) is 5.26 Å². The van der Waals surface area contributed by atoms with Gasteiger partial charge in [0.2, 0.25) is 5.91 Å². The summed E-state index contributed by atoms with van der Waals surface area (Å²) in [5.41, 5.74) is 1.20. The van der Waals surface area contributed by atoms with E-state index in [0.717, 1.165) is 11.3 Å². The number of amides is 1. The van der Waals surface area contributed by atoms with Crippen molar-refractivity contribution in [3.05, 3.63) is 23.8 Å². The second kappa shape index (κ2) is 3.95.